The Hall–Kier alpha value is -8.40. The molecule has 13 rings (SSSR count). The zero-order valence-electron chi connectivity index (χ0n) is 34.2. The van der Waals surface area contributed by atoms with Crippen LogP contribution in [0.4, 0.5) is 0 Å². The number of benzene rings is 10. The van der Waals surface area contributed by atoms with E-state index in [2.05, 4.69) is 228 Å². The second-order valence-electron chi connectivity index (χ2n) is 16.5. The van der Waals surface area contributed by atoms with Crippen molar-refractivity contribution in [3.05, 3.63) is 231 Å². The fourth-order valence-electron chi connectivity index (χ4n) is 9.85. The first kappa shape index (κ1) is 35.4. The summed E-state index contributed by atoms with van der Waals surface area (Å²) < 4.78 is 11.1. The Morgan fingerprint density at radius 1 is 0.222 bits per heavy atom. The van der Waals surface area contributed by atoms with Gasteiger partial charge in [-0.05, 0) is 117 Å². The molecule has 0 aliphatic rings. The highest BCUT2D eigenvalue weighted by molar-refractivity contribution is 6.17. The molecule has 0 unspecified atom stereocenters. The summed E-state index contributed by atoms with van der Waals surface area (Å²) in [6.07, 6.45) is 0. The molecule has 0 N–H and O–H groups in total. The number of fused-ring (bicyclic) bond motifs is 9. The van der Waals surface area contributed by atoms with Gasteiger partial charge in [-0.2, -0.15) is 0 Å². The monoisotopic (exact) mass is 802 g/mol. The van der Waals surface area contributed by atoms with Crippen LogP contribution in [0.15, 0.2) is 235 Å². The Balaban J connectivity index is 0.826. The summed E-state index contributed by atoms with van der Waals surface area (Å²) in [6.45, 7) is 0. The van der Waals surface area contributed by atoms with Gasteiger partial charge >= 0.3 is 0 Å². The molecule has 3 nitrogen and oxygen atoms in total. The van der Waals surface area contributed by atoms with Crippen molar-refractivity contribution in [2.45, 2.75) is 0 Å². The van der Waals surface area contributed by atoms with Crippen LogP contribution < -0.4 is 0 Å². The van der Waals surface area contributed by atoms with E-state index >= 15 is 0 Å². The number of aromatic nitrogens is 2. The summed E-state index contributed by atoms with van der Waals surface area (Å²) >= 11 is 0. The predicted octanol–water partition coefficient (Wildman–Crippen LogP) is 16.4. The van der Waals surface area contributed by atoms with Gasteiger partial charge in [0.2, 0.25) is 0 Å². The predicted molar refractivity (Wildman–Crippen MR) is 264 cm³/mol. The third-order valence-electron chi connectivity index (χ3n) is 13.0. The lowest BCUT2D eigenvalue weighted by molar-refractivity contribution is 0.669. The number of hydrogen-bond donors (Lipinski definition) is 0. The third-order valence-corrected chi connectivity index (χ3v) is 13.0. The summed E-state index contributed by atoms with van der Waals surface area (Å²) in [4.78, 5) is 0. The Bertz CT molecular complexity index is 3760. The van der Waals surface area contributed by atoms with Gasteiger partial charge in [0.1, 0.15) is 11.2 Å². The van der Waals surface area contributed by atoms with Crippen molar-refractivity contribution in [3.63, 3.8) is 0 Å². The maximum atomic E-state index is 6.29. The number of furan rings is 1. The molecule has 0 aliphatic heterocycles. The number of nitrogens with zero attached hydrogens (tertiary/aromatic N) is 2. The molecule has 0 fully saturated rings. The maximum Gasteiger partial charge on any atom is 0.136 e. The van der Waals surface area contributed by atoms with Crippen molar-refractivity contribution in [3.8, 4) is 55.9 Å². The Labute approximate surface area is 363 Å². The van der Waals surface area contributed by atoms with Crippen molar-refractivity contribution in [1.82, 2.24) is 9.13 Å². The van der Waals surface area contributed by atoms with E-state index in [1.807, 2.05) is 12.1 Å². The second kappa shape index (κ2) is 14.1. The SMILES string of the molecule is c1ccc(-c2ccc3c(c2)c2cc(-c4ccccc4)ccc2n3-c2ccc(-c3ccc(-c4ccc(-n5c6ccccc6c6cc7oc8ccccc8c7cc65)cc4)cc3)cc2)cc1. The molecule has 10 aromatic carbocycles. The van der Waals surface area contributed by atoms with Crippen LogP contribution in [0, 0.1) is 0 Å². The van der Waals surface area contributed by atoms with Crippen molar-refractivity contribution in [1.29, 1.82) is 0 Å². The molecule has 0 aliphatic carbocycles. The number of rotatable bonds is 6. The van der Waals surface area contributed by atoms with Crippen molar-refractivity contribution >= 4 is 65.6 Å². The van der Waals surface area contributed by atoms with Crippen LogP contribution in [0.25, 0.3) is 121 Å². The lowest BCUT2D eigenvalue weighted by atomic mass is 10.00. The molecule has 3 heteroatoms. The zero-order valence-corrected chi connectivity index (χ0v) is 34.2. The largest absolute Gasteiger partial charge is 0.456 e. The van der Waals surface area contributed by atoms with Crippen LogP contribution in [-0.2, 0) is 0 Å². The lowest BCUT2D eigenvalue weighted by Crippen LogP contribution is -1.94. The topological polar surface area (TPSA) is 23.0 Å². The number of hydrogen-bond acceptors (Lipinski definition) is 1. The molecule has 3 heterocycles. The van der Waals surface area contributed by atoms with E-state index in [9.17, 15) is 0 Å². The van der Waals surface area contributed by atoms with Gasteiger partial charge in [0.15, 0.2) is 0 Å². The lowest BCUT2D eigenvalue weighted by Gasteiger charge is -2.11. The molecule has 63 heavy (non-hydrogen) atoms. The van der Waals surface area contributed by atoms with E-state index in [1.165, 1.54) is 88.1 Å². The van der Waals surface area contributed by atoms with Gasteiger partial charge in [-0.25, -0.2) is 0 Å². The van der Waals surface area contributed by atoms with Crippen LogP contribution in [0.5, 0.6) is 0 Å². The average Bonchev–Trinajstić information content (AvgIpc) is 4.00. The molecule has 3 aromatic heterocycles. The standard InChI is InChI=1S/C60H38N2O/c1-3-11-39(12-4-1)45-27-33-56-51(35-45)52-36-46(40-13-5-2-6-14-40)28-34-57(52)61(56)47-29-23-43(24-30-47)41-19-21-42(22-20-41)44-25-31-48(32-26-44)62-55-17-9-7-15-49(55)53-38-60-54(37-58(53)62)50-16-8-10-18-59(50)63-60/h1-38H. The second-order valence-corrected chi connectivity index (χ2v) is 16.5. The minimum absolute atomic E-state index is 0.915. The van der Waals surface area contributed by atoms with E-state index < -0.39 is 0 Å². The van der Waals surface area contributed by atoms with Gasteiger partial charge in [0.25, 0.3) is 0 Å². The van der Waals surface area contributed by atoms with Gasteiger partial charge < -0.3 is 13.6 Å². The molecule has 294 valence electrons. The minimum Gasteiger partial charge on any atom is -0.456 e. The van der Waals surface area contributed by atoms with E-state index in [4.69, 9.17) is 4.42 Å². The van der Waals surface area contributed by atoms with Crippen molar-refractivity contribution < 1.29 is 4.42 Å². The molecule has 13 aromatic rings. The Kier molecular flexibility index (Phi) is 7.91. The first-order chi connectivity index (χ1) is 31.2. The van der Waals surface area contributed by atoms with Crippen LogP contribution in [0.3, 0.4) is 0 Å². The fraction of sp³-hybridized carbons (Fsp3) is 0. The van der Waals surface area contributed by atoms with Crippen molar-refractivity contribution in [2.75, 3.05) is 0 Å². The summed E-state index contributed by atoms with van der Waals surface area (Å²) in [6, 6.07) is 83.5. The van der Waals surface area contributed by atoms with Crippen LogP contribution >= 0.6 is 0 Å². The quantitative estimate of drug-likeness (QED) is 0.164. The molecule has 0 atom stereocenters. The highest BCUT2D eigenvalue weighted by Crippen LogP contribution is 2.40. The Morgan fingerprint density at radius 3 is 1.17 bits per heavy atom. The summed E-state index contributed by atoms with van der Waals surface area (Å²) in [5.74, 6) is 0. The molecular formula is C60H38N2O. The minimum atomic E-state index is 0.915. The van der Waals surface area contributed by atoms with Gasteiger partial charge in [-0.3, -0.25) is 0 Å². The average molecular weight is 803 g/mol. The van der Waals surface area contributed by atoms with Crippen LogP contribution in [-0.4, -0.2) is 9.13 Å². The molecular weight excluding hydrogens is 765 g/mol. The first-order valence-electron chi connectivity index (χ1n) is 21.6. The fourth-order valence-corrected chi connectivity index (χ4v) is 9.85. The molecule has 0 saturated carbocycles. The molecule has 0 amide bonds. The van der Waals surface area contributed by atoms with Gasteiger partial charge in [0.05, 0.1) is 22.1 Å². The Morgan fingerprint density at radius 2 is 0.619 bits per heavy atom. The molecule has 0 saturated heterocycles. The van der Waals surface area contributed by atoms with Crippen molar-refractivity contribution in [2.24, 2.45) is 0 Å². The number of para-hydroxylation sites is 2. The zero-order chi connectivity index (χ0) is 41.4. The normalized spacial score (nSPS) is 11.8. The first-order valence-corrected chi connectivity index (χ1v) is 21.6. The highest BCUT2D eigenvalue weighted by atomic mass is 16.3. The van der Waals surface area contributed by atoms with Gasteiger partial charge in [0, 0.05) is 43.7 Å². The van der Waals surface area contributed by atoms with E-state index in [0.717, 1.165) is 33.3 Å². The summed E-state index contributed by atoms with van der Waals surface area (Å²) in [5.41, 5.74) is 18.5. The highest BCUT2D eigenvalue weighted by Gasteiger charge is 2.18. The maximum absolute atomic E-state index is 6.29. The summed E-state index contributed by atoms with van der Waals surface area (Å²) in [5, 5.41) is 7.17. The van der Waals surface area contributed by atoms with Gasteiger partial charge in [-0.15, -0.1) is 0 Å². The van der Waals surface area contributed by atoms with E-state index in [1.54, 1.807) is 0 Å². The molecule has 0 radical (unpaired) electrons. The van der Waals surface area contributed by atoms with Crippen LogP contribution in [0.1, 0.15) is 0 Å². The van der Waals surface area contributed by atoms with Crippen LogP contribution in [0.2, 0.25) is 0 Å². The molecule has 0 spiro atoms. The smallest absolute Gasteiger partial charge is 0.136 e. The van der Waals surface area contributed by atoms with Gasteiger partial charge in [-0.1, -0.05) is 158 Å². The molecule has 0 bridgehead atoms. The van der Waals surface area contributed by atoms with E-state index in [-0.39, 0.29) is 0 Å². The summed E-state index contributed by atoms with van der Waals surface area (Å²) in [7, 11) is 0. The van der Waals surface area contributed by atoms with E-state index in [0.29, 0.717) is 0 Å². The third kappa shape index (κ3) is 5.75.